The van der Waals surface area contributed by atoms with Gasteiger partial charge in [0.2, 0.25) is 5.91 Å². The van der Waals surface area contributed by atoms with Crippen molar-refractivity contribution in [3.8, 4) is 0 Å². The van der Waals surface area contributed by atoms with Crippen molar-refractivity contribution in [3.63, 3.8) is 0 Å². The van der Waals surface area contributed by atoms with Crippen LogP contribution in [0.3, 0.4) is 0 Å². The molecule has 0 radical (unpaired) electrons. The summed E-state index contributed by atoms with van der Waals surface area (Å²) in [6, 6.07) is 13.0. The maximum atomic E-state index is 13.1. The summed E-state index contributed by atoms with van der Waals surface area (Å²) in [7, 11) is 0. The van der Waals surface area contributed by atoms with Crippen molar-refractivity contribution in [1.29, 1.82) is 0 Å². The first-order valence-corrected chi connectivity index (χ1v) is 10.5. The van der Waals surface area contributed by atoms with Crippen molar-refractivity contribution in [2.24, 2.45) is 0 Å². The summed E-state index contributed by atoms with van der Waals surface area (Å²) < 4.78 is 13.1. The number of amides is 2. The maximum absolute atomic E-state index is 13.1. The van der Waals surface area contributed by atoms with E-state index in [1.165, 1.54) is 24.3 Å². The van der Waals surface area contributed by atoms with Crippen LogP contribution in [0.2, 0.25) is 5.02 Å². The Morgan fingerprint density at radius 3 is 2.54 bits per heavy atom. The van der Waals surface area contributed by atoms with Crippen molar-refractivity contribution >= 4 is 35.2 Å². The molecule has 0 aliphatic carbocycles. The van der Waals surface area contributed by atoms with E-state index in [-0.39, 0.29) is 28.3 Å². The van der Waals surface area contributed by atoms with Gasteiger partial charge in [0.1, 0.15) is 11.2 Å². The summed E-state index contributed by atoms with van der Waals surface area (Å²) in [6.45, 7) is 5.07. The van der Waals surface area contributed by atoms with Crippen molar-refractivity contribution in [3.05, 3.63) is 70.5 Å². The molecule has 0 spiro atoms. The fraction of sp³-hybridized carbons (Fsp3) is 0.333. The van der Waals surface area contributed by atoms with E-state index >= 15 is 0 Å². The molecule has 2 aromatic rings. The van der Waals surface area contributed by atoms with E-state index in [1.807, 2.05) is 38.1 Å². The molecule has 1 aliphatic rings. The Hall–Kier alpha value is -2.05. The molecule has 1 saturated heterocycles. The number of nitrogens with zero attached hydrogens (tertiary/aromatic N) is 2. The minimum atomic E-state index is -0.379. The molecule has 2 atom stereocenters. The molecule has 0 bridgehead atoms. The van der Waals surface area contributed by atoms with Crippen LogP contribution >= 0.6 is 23.4 Å². The van der Waals surface area contributed by atoms with Crippen molar-refractivity contribution in [2.45, 2.75) is 24.5 Å². The van der Waals surface area contributed by atoms with Crippen molar-refractivity contribution in [1.82, 2.24) is 9.80 Å². The van der Waals surface area contributed by atoms with E-state index in [0.717, 1.165) is 5.56 Å². The van der Waals surface area contributed by atoms with Gasteiger partial charge in [-0.05, 0) is 44.2 Å². The van der Waals surface area contributed by atoms with Crippen LogP contribution in [0.4, 0.5) is 4.39 Å². The van der Waals surface area contributed by atoms with Crippen LogP contribution in [0.1, 0.15) is 35.1 Å². The molecule has 1 fully saturated rings. The maximum Gasteiger partial charge on any atom is 0.253 e. The number of hydrogen-bond donors (Lipinski definition) is 0. The highest BCUT2D eigenvalue weighted by molar-refractivity contribution is 8.01. The molecule has 0 aromatic heterocycles. The lowest BCUT2D eigenvalue weighted by molar-refractivity contribution is -0.130. The Morgan fingerprint density at radius 2 is 1.89 bits per heavy atom. The van der Waals surface area contributed by atoms with Crippen LogP contribution in [0, 0.1) is 5.82 Å². The second kappa shape index (κ2) is 8.97. The zero-order valence-electron chi connectivity index (χ0n) is 15.8. The van der Waals surface area contributed by atoms with Gasteiger partial charge in [0.25, 0.3) is 5.91 Å². The summed E-state index contributed by atoms with van der Waals surface area (Å²) in [4.78, 5) is 28.9. The number of halogens is 2. The lowest BCUT2D eigenvalue weighted by Gasteiger charge is -2.28. The van der Waals surface area contributed by atoms with Gasteiger partial charge in [0.05, 0.1) is 5.25 Å². The average Bonchev–Trinajstić information content (AvgIpc) is 2.97. The summed E-state index contributed by atoms with van der Waals surface area (Å²) in [6.07, 6.45) is 0. The molecular formula is C21H22ClFN2O2S. The molecule has 0 unspecified atom stereocenters. The third kappa shape index (κ3) is 4.33. The molecule has 1 heterocycles. The first-order valence-electron chi connectivity index (χ1n) is 9.17. The number of rotatable bonds is 6. The van der Waals surface area contributed by atoms with E-state index in [4.69, 9.17) is 11.6 Å². The standard InChI is InChI=1S/C21H22ClFN2O2S/c1-3-24(20(27)15-8-10-16(23)11-9-15)12-13-25-19(26)14(2)28-21(25)17-6-4-5-7-18(17)22/h4-11,14,21H,3,12-13H2,1-2H3/t14-,21+/m1/s1. The van der Waals surface area contributed by atoms with Gasteiger partial charge in [-0.3, -0.25) is 9.59 Å². The van der Waals surface area contributed by atoms with Crippen LogP contribution in [0.5, 0.6) is 0 Å². The second-order valence-electron chi connectivity index (χ2n) is 6.58. The number of thioether (sulfide) groups is 1. The highest BCUT2D eigenvalue weighted by atomic mass is 35.5. The Balaban J connectivity index is 1.74. The molecule has 0 N–H and O–H groups in total. The SMILES string of the molecule is CCN(CCN1C(=O)[C@@H](C)S[C@H]1c1ccccc1Cl)C(=O)c1ccc(F)cc1. The average molecular weight is 421 g/mol. The number of carbonyl (C=O) groups excluding carboxylic acids is 2. The summed E-state index contributed by atoms with van der Waals surface area (Å²) in [5, 5.41) is 0.293. The topological polar surface area (TPSA) is 40.6 Å². The monoisotopic (exact) mass is 420 g/mol. The molecule has 28 heavy (non-hydrogen) atoms. The van der Waals surface area contributed by atoms with Gasteiger partial charge in [0, 0.05) is 35.8 Å². The van der Waals surface area contributed by atoms with E-state index < -0.39 is 0 Å². The highest BCUT2D eigenvalue weighted by Crippen LogP contribution is 2.44. The number of benzene rings is 2. The Morgan fingerprint density at radius 1 is 1.21 bits per heavy atom. The van der Waals surface area contributed by atoms with Crippen LogP contribution in [-0.2, 0) is 4.79 Å². The summed E-state index contributed by atoms with van der Waals surface area (Å²) in [5.41, 5.74) is 1.33. The largest absolute Gasteiger partial charge is 0.337 e. The second-order valence-corrected chi connectivity index (χ2v) is 8.41. The van der Waals surface area contributed by atoms with Crippen LogP contribution in [0.15, 0.2) is 48.5 Å². The van der Waals surface area contributed by atoms with E-state index in [1.54, 1.807) is 21.6 Å². The van der Waals surface area contributed by atoms with Gasteiger partial charge in [-0.15, -0.1) is 11.8 Å². The molecule has 2 amide bonds. The van der Waals surface area contributed by atoms with E-state index in [9.17, 15) is 14.0 Å². The zero-order valence-corrected chi connectivity index (χ0v) is 17.3. The Labute approximate surface area is 173 Å². The molecule has 4 nitrogen and oxygen atoms in total. The molecule has 3 rings (SSSR count). The first kappa shape index (κ1) is 20.7. The zero-order chi connectivity index (χ0) is 20.3. The van der Waals surface area contributed by atoms with Crippen molar-refractivity contribution < 1.29 is 14.0 Å². The Kier molecular flexibility index (Phi) is 6.62. The third-order valence-electron chi connectivity index (χ3n) is 4.79. The van der Waals surface area contributed by atoms with Gasteiger partial charge in [-0.1, -0.05) is 29.8 Å². The van der Waals surface area contributed by atoms with Gasteiger partial charge >= 0.3 is 0 Å². The normalized spacial score (nSPS) is 19.1. The quantitative estimate of drug-likeness (QED) is 0.685. The predicted molar refractivity (Wildman–Crippen MR) is 111 cm³/mol. The molecule has 2 aromatic carbocycles. The number of carbonyl (C=O) groups is 2. The first-order chi connectivity index (χ1) is 13.4. The smallest absolute Gasteiger partial charge is 0.253 e. The van der Waals surface area contributed by atoms with Gasteiger partial charge in [-0.25, -0.2) is 4.39 Å². The predicted octanol–water partition coefficient (Wildman–Crippen LogP) is 4.60. The van der Waals surface area contributed by atoms with Gasteiger partial charge in [0.15, 0.2) is 0 Å². The lowest BCUT2D eigenvalue weighted by atomic mass is 10.2. The van der Waals surface area contributed by atoms with Crippen molar-refractivity contribution in [2.75, 3.05) is 19.6 Å². The minimum Gasteiger partial charge on any atom is -0.337 e. The third-order valence-corrected chi connectivity index (χ3v) is 6.51. The van der Waals surface area contributed by atoms with Gasteiger partial charge < -0.3 is 9.80 Å². The lowest BCUT2D eigenvalue weighted by Crippen LogP contribution is -2.40. The minimum absolute atomic E-state index is 0.0419. The fourth-order valence-corrected chi connectivity index (χ4v) is 4.88. The molecule has 0 saturated carbocycles. The van der Waals surface area contributed by atoms with Crippen LogP contribution in [0.25, 0.3) is 0 Å². The molecule has 148 valence electrons. The molecule has 1 aliphatic heterocycles. The summed E-state index contributed by atoms with van der Waals surface area (Å²) in [5.74, 6) is -0.514. The molecule has 7 heteroatoms. The highest BCUT2D eigenvalue weighted by Gasteiger charge is 2.39. The number of hydrogen-bond acceptors (Lipinski definition) is 3. The number of likely N-dealkylation sites (N-methyl/N-ethyl adjacent to an activating group) is 1. The Bertz CT molecular complexity index is 862. The van der Waals surface area contributed by atoms with E-state index in [0.29, 0.717) is 30.2 Å². The van der Waals surface area contributed by atoms with Crippen LogP contribution < -0.4 is 0 Å². The fourth-order valence-electron chi connectivity index (χ4n) is 3.22. The molecular weight excluding hydrogens is 399 g/mol. The van der Waals surface area contributed by atoms with Gasteiger partial charge in [-0.2, -0.15) is 0 Å². The summed E-state index contributed by atoms with van der Waals surface area (Å²) >= 11 is 7.91. The van der Waals surface area contributed by atoms with Crippen LogP contribution in [-0.4, -0.2) is 46.5 Å². The van der Waals surface area contributed by atoms with E-state index in [2.05, 4.69) is 0 Å².